The van der Waals surface area contributed by atoms with Gasteiger partial charge in [0.1, 0.15) is 0 Å². The van der Waals surface area contributed by atoms with Crippen LogP contribution in [0.25, 0.3) is 0 Å². The van der Waals surface area contributed by atoms with E-state index in [1.807, 2.05) is 35.2 Å². The number of amides is 2. The second-order valence-electron chi connectivity index (χ2n) is 10.7. The molecular weight excluding hydrogens is 484 g/mol. The molecule has 1 fully saturated rings. The fraction of sp³-hybridized carbons (Fsp3) is 0.424. The summed E-state index contributed by atoms with van der Waals surface area (Å²) in [6.45, 7) is 1.14. The maximum absolute atomic E-state index is 13.3. The molecule has 0 spiro atoms. The molecule has 0 radical (unpaired) electrons. The van der Waals surface area contributed by atoms with Crippen molar-refractivity contribution in [2.45, 2.75) is 69.9 Å². The van der Waals surface area contributed by atoms with E-state index < -0.39 is 6.04 Å². The number of pyridine rings is 1. The lowest BCUT2D eigenvalue weighted by atomic mass is 9.93. The summed E-state index contributed by atoms with van der Waals surface area (Å²) in [5.41, 5.74) is 9.70. The first-order valence-electron chi connectivity index (χ1n) is 14.4. The number of carbonyl (C=O) groups excluding carboxylic acids is 2. The van der Waals surface area contributed by atoms with Crippen LogP contribution in [0.15, 0.2) is 85.1 Å². The molecule has 6 heteroatoms. The van der Waals surface area contributed by atoms with Gasteiger partial charge in [-0.1, -0.05) is 66.7 Å². The number of aromatic nitrogens is 1. The van der Waals surface area contributed by atoms with Crippen molar-refractivity contribution in [3.63, 3.8) is 0 Å². The van der Waals surface area contributed by atoms with E-state index in [9.17, 15) is 9.59 Å². The quantitative estimate of drug-likeness (QED) is 0.337. The number of piperidine rings is 1. The maximum atomic E-state index is 13.3. The number of nitrogens with two attached hydrogens (primary N) is 1. The molecule has 1 atom stereocenters. The number of nitrogens with zero attached hydrogens (tertiary/aromatic N) is 2. The molecule has 0 aliphatic carbocycles. The van der Waals surface area contributed by atoms with Crippen LogP contribution < -0.4 is 11.1 Å². The average molecular weight is 527 g/mol. The third-order valence-corrected chi connectivity index (χ3v) is 7.72. The number of hydrogen-bond acceptors (Lipinski definition) is 4. The SMILES string of the molecule is N[C@@H](Cc1ccccn1)C(=O)N1CCC(C(=O)NC(CCCc2ccccc2)CCCc2ccccc2)CC1. The van der Waals surface area contributed by atoms with Crippen LogP contribution in [0.4, 0.5) is 0 Å². The van der Waals surface area contributed by atoms with E-state index in [0.717, 1.165) is 44.2 Å². The van der Waals surface area contributed by atoms with Crippen LogP contribution in [-0.4, -0.2) is 46.9 Å². The van der Waals surface area contributed by atoms with Crippen LogP contribution in [0.2, 0.25) is 0 Å². The van der Waals surface area contributed by atoms with Gasteiger partial charge in [-0.25, -0.2) is 0 Å². The number of aryl methyl sites for hydroxylation is 2. The third-order valence-electron chi connectivity index (χ3n) is 7.72. The van der Waals surface area contributed by atoms with E-state index in [1.165, 1.54) is 11.1 Å². The molecule has 0 bridgehead atoms. The summed E-state index contributed by atoms with van der Waals surface area (Å²) >= 11 is 0. The van der Waals surface area contributed by atoms with Gasteiger partial charge in [-0.05, 0) is 74.6 Å². The predicted octanol–water partition coefficient (Wildman–Crippen LogP) is 4.72. The van der Waals surface area contributed by atoms with Crippen molar-refractivity contribution < 1.29 is 9.59 Å². The van der Waals surface area contributed by atoms with Gasteiger partial charge >= 0.3 is 0 Å². The molecule has 39 heavy (non-hydrogen) atoms. The standard InChI is InChI=1S/C33H42N4O2/c34-31(25-30-17-7-8-22-35-30)33(39)37-23-20-28(21-24-37)32(38)36-29(18-9-15-26-11-3-1-4-12-26)19-10-16-27-13-5-2-6-14-27/h1-8,11-14,17,22,28-29,31H,9-10,15-16,18-21,23-25,34H2,(H,36,38)/t31-/m0/s1. The zero-order chi connectivity index (χ0) is 27.3. The summed E-state index contributed by atoms with van der Waals surface area (Å²) in [6.07, 6.45) is 9.55. The highest BCUT2D eigenvalue weighted by atomic mass is 16.2. The average Bonchev–Trinajstić information content (AvgIpc) is 2.98. The monoisotopic (exact) mass is 526 g/mol. The summed E-state index contributed by atoms with van der Waals surface area (Å²) in [6, 6.07) is 26.3. The Bertz CT molecular complexity index is 1090. The minimum atomic E-state index is -0.608. The van der Waals surface area contributed by atoms with E-state index in [-0.39, 0.29) is 23.8 Å². The van der Waals surface area contributed by atoms with Gasteiger partial charge in [0.05, 0.1) is 6.04 Å². The molecule has 1 aromatic heterocycles. The van der Waals surface area contributed by atoms with E-state index in [4.69, 9.17) is 5.73 Å². The lowest BCUT2D eigenvalue weighted by Gasteiger charge is -2.33. The number of carbonyl (C=O) groups is 2. The fourth-order valence-corrected chi connectivity index (χ4v) is 5.43. The molecule has 206 valence electrons. The predicted molar refractivity (Wildman–Crippen MR) is 156 cm³/mol. The largest absolute Gasteiger partial charge is 0.353 e. The normalized spacial score (nSPS) is 14.8. The van der Waals surface area contributed by atoms with Gasteiger partial charge in [0.2, 0.25) is 11.8 Å². The van der Waals surface area contributed by atoms with Crippen molar-refractivity contribution in [3.8, 4) is 0 Å². The van der Waals surface area contributed by atoms with Gasteiger partial charge in [-0.3, -0.25) is 14.6 Å². The number of rotatable bonds is 13. The summed E-state index contributed by atoms with van der Waals surface area (Å²) in [7, 11) is 0. The van der Waals surface area contributed by atoms with E-state index >= 15 is 0 Å². The molecule has 6 nitrogen and oxygen atoms in total. The molecule has 3 aromatic rings. The highest BCUT2D eigenvalue weighted by Gasteiger charge is 2.30. The number of benzene rings is 2. The topological polar surface area (TPSA) is 88.3 Å². The summed E-state index contributed by atoms with van der Waals surface area (Å²) in [5.74, 6) is 0.00956. The molecule has 1 aliphatic rings. The minimum Gasteiger partial charge on any atom is -0.353 e. The van der Waals surface area contributed by atoms with Crippen molar-refractivity contribution in [3.05, 3.63) is 102 Å². The number of nitrogens with one attached hydrogen (secondary N) is 1. The van der Waals surface area contributed by atoms with Crippen molar-refractivity contribution in [2.75, 3.05) is 13.1 Å². The molecule has 3 N–H and O–H groups in total. The van der Waals surface area contributed by atoms with Gasteiger partial charge in [-0.2, -0.15) is 0 Å². The van der Waals surface area contributed by atoms with Crippen LogP contribution >= 0.6 is 0 Å². The van der Waals surface area contributed by atoms with Crippen molar-refractivity contribution in [2.24, 2.45) is 11.7 Å². The van der Waals surface area contributed by atoms with Crippen LogP contribution in [0.5, 0.6) is 0 Å². The van der Waals surface area contributed by atoms with Gasteiger partial charge in [0.25, 0.3) is 0 Å². The van der Waals surface area contributed by atoms with Crippen molar-refractivity contribution >= 4 is 11.8 Å². The summed E-state index contributed by atoms with van der Waals surface area (Å²) in [5, 5.41) is 3.38. The Balaban J connectivity index is 1.25. The van der Waals surface area contributed by atoms with Crippen molar-refractivity contribution in [1.29, 1.82) is 0 Å². The molecular formula is C33H42N4O2. The van der Waals surface area contributed by atoms with E-state index in [1.54, 1.807) is 6.20 Å². The first-order valence-corrected chi connectivity index (χ1v) is 14.4. The van der Waals surface area contributed by atoms with Crippen LogP contribution in [0.1, 0.15) is 55.3 Å². The Morgan fingerprint density at radius 1 is 0.846 bits per heavy atom. The Hall–Kier alpha value is -3.51. The highest BCUT2D eigenvalue weighted by Crippen LogP contribution is 2.20. The fourth-order valence-electron chi connectivity index (χ4n) is 5.43. The highest BCUT2D eigenvalue weighted by molar-refractivity contribution is 5.83. The van der Waals surface area contributed by atoms with E-state index in [2.05, 4.69) is 58.8 Å². The maximum Gasteiger partial charge on any atom is 0.239 e. The van der Waals surface area contributed by atoms with Gasteiger partial charge in [0.15, 0.2) is 0 Å². The zero-order valence-electron chi connectivity index (χ0n) is 22.9. The molecule has 1 saturated heterocycles. The third kappa shape index (κ3) is 9.32. The second kappa shape index (κ2) is 15.2. The summed E-state index contributed by atoms with van der Waals surface area (Å²) < 4.78 is 0. The van der Waals surface area contributed by atoms with E-state index in [0.29, 0.717) is 32.4 Å². The molecule has 2 aromatic carbocycles. The van der Waals surface area contributed by atoms with Gasteiger partial charge in [-0.15, -0.1) is 0 Å². The van der Waals surface area contributed by atoms with Gasteiger partial charge < -0.3 is 16.0 Å². The Morgan fingerprint density at radius 3 is 1.95 bits per heavy atom. The lowest BCUT2D eigenvalue weighted by molar-refractivity contribution is -0.136. The summed E-state index contributed by atoms with van der Waals surface area (Å²) in [4.78, 5) is 32.3. The molecule has 0 unspecified atom stereocenters. The molecule has 2 heterocycles. The number of hydrogen-bond donors (Lipinski definition) is 2. The lowest BCUT2D eigenvalue weighted by Crippen LogP contribution is -2.50. The Kier molecular flexibility index (Phi) is 11.1. The smallest absolute Gasteiger partial charge is 0.239 e. The Morgan fingerprint density at radius 2 is 1.41 bits per heavy atom. The molecule has 4 rings (SSSR count). The second-order valence-corrected chi connectivity index (χ2v) is 10.7. The first-order chi connectivity index (χ1) is 19.1. The van der Waals surface area contributed by atoms with Crippen LogP contribution in [0.3, 0.4) is 0 Å². The minimum absolute atomic E-state index is 0.0563. The number of likely N-dealkylation sites (tertiary alicyclic amines) is 1. The van der Waals surface area contributed by atoms with Crippen LogP contribution in [-0.2, 0) is 28.9 Å². The molecule has 1 aliphatic heterocycles. The van der Waals surface area contributed by atoms with Crippen LogP contribution in [0, 0.1) is 5.92 Å². The zero-order valence-corrected chi connectivity index (χ0v) is 22.9. The first kappa shape index (κ1) is 28.5. The molecule has 0 saturated carbocycles. The Labute approximate surface area is 233 Å². The van der Waals surface area contributed by atoms with Gasteiger partial charge in [0, 0.05) is 43.4 Å². The van der Waals surface area contributed by atoms with Crippen molar-refractivity contribution in [1.82, 2.24) is 15.2 Å². The molecule has 2 amide bonds.